The molecule has 0 saturated carbocycles. The van der Waals surface area contributed by atoms with Gasteiger partial charge >= 0.3 is 0 Å². The summed E-state index contributed by atoms with van der Waals surface area (Å²) < 4.78 is 0. The molecule has 0 radical (unpaired) electrons. The van der Waals surface area contributed by atoms with Crippen LogP contribution in [0.4, 0.5) is 0 Å². The topological polar surface area (TPSA) is 29.3 Å². The monoisotopic (exact) mass is 184 g/mol. The van der Waals surface area contributed by atoms with E-state index < -0.39 is 0 Å². The third-order valence-corrected chi connectivity index (χ3v) is 2.92. The van der Waals surface area contributed by atoms with Crippen LogP contribution in [0.15, 0.2) is 0 Å². The van der Waals surface area contributed by atoms with Crippen molar-refractivity contribution in [3.05, 3.63) is 0 Å². The Morgan fingerprint density at radius 3 is 2.69 bits per heavy atom. The molecule has 1 unspecified atom stereocenters. The Bertz CT molecular complexity index is 149. The first-order valence-electron chi connectivity index (χ1n) is 5.45. The zero-order chi connectivity index (χ0) is 9.90. The maximum absolute atomic E-state index is 5.97. The molecule has 0 aromatic carbocycles. The van der Waals surface area contributed by atoms with Crippen LogP contribution < -0.4 is 5.73 Å². The fourth-order valence-corrected chi connectivity index (χ4v) is 2.08. The van der Waals surface area contributed by atoms with Crippen LogP contribution in [-0.2, 0) is 0 Å². The van der Waals surface area contributed by atoms with Gasteiger partial charge in [-0.1, -0.05) is 0 Å². The number of hydrogen-bond acceptors (Lipinski definition) is 2. The molecule has 2 heteroatoms. The molecule has 0 aliphatic carbocycles. The summed E-state index contributed by atoms with van der Waals surface area (Å²) in [5.41, 5.74) is 6.00. The van der Waals surface area contributed by atoms with Crippen LogP contribution in [0.25, 0.3) is 0 Å². The summed E-state index contributed by atoms with van der Waals surface area (Å²) in [6, 6.07) is 0. The average Bonchev–Trinajstić information content (AvgIpc) is 2.00. The predicted molar refractivity (Wildman–Crippen MR) is 57.7 cm³/mol. The third kappa shape index (κ3) is 4.63. The van der Waals surface area contributed by atoms with Gasteiger partial charge in [-0.2, -0.15) is 0 Å². The molecular formula is C11H24N2. The molecule has 1 rings (SSSR count). The highest BCUT2D eigenvalue weighted by Crippen LogP contribution is 2.22. The van der Waals surface area contributed by atoms with E-state index in [9.17, 15) is 0 Å². The largest absolute Gasteiger partial charge is 0.326 e. The minimum atomic E-state index is 0.0238. The summed E-state index contributed by atoms with van der Waals surface area (Å²) in [4.78, 5) is 2.44. The number of piperidine rings is 1. The lowest BCUT2D eigenvalue weighted by atomic mass is 9.88. The molecule has 0 amide bonds. The Morgan fingerprint density at radius 2 is 2.15 bits per heavy atom. The second-order valence-corrected chi connectivity index (χ2v) is 5.30. The Balaban J connectivity index is 2.21. The van der Waals surface area contributed by atoms with Crippen molar-refractivity contribution in [1.29, 1.82) is 0 Å². The van der Waals surface area contributed by atoms with Crippen molar-refractivity contribution in [1.82, 2.24) is 4.90 Å². The quantitative estimate of drug-likeness (QED) is 0.725. The van der Waals surface area contributed by atoms with Gasteiger partial charge in [0.25, 0.3) is 0 Å². The highest BCUT2D eigenvalue weighted by molar-refractivity contribution is 4.77. The van der Waals surface area contributed by atoms with Gasteiger partial charge in [-0.25, -0.2) is 0 Å². The molecule has 1 aliphatic rings. The number of rotatable bonds is 3. The van der Waals surface area contributed by atoms with Gasteiger partial charge < -0.3 is 10.6 Å². The lowest BCUT2D eigenvalue weighted by molar-refractivity contribution is 0.193. The van der Waals surface area contributed by atoms with Crippen molar-refractivity contribution in [2.24, 2.45) is 11.7 Å². The van der Waals surface area contributed by atoms with Crippen LogP contribution in [0.2, 0.25) is 0 Å². The molecule has 1 fully saturated rings. The van der Waals surface area contributed by atoms with E-state index >= 15 is 0 Å². The Hall–Kier alpha value is -0.0800. The molecule has 2 nitrogen and oxygen atoms in total. The standard InChI is InChI=1S/C11H24N2/c1-11(2,12)7-6-10-5-4-8-13(3)9-10/h10H,4-9,12H2,1-3H3. The van der Waals surface area contributed by atoms with E-state index in [1.807, 2.05) is 0 Å². The highest BCUT2D eigenvalue weighted by atomic mass is 15.1. The van der Waals surface area contributed by atoms with Gasteiger partial charge in [0.15, 0.2) is 0 Å². The number of likely N-dealkylation sites (tertiary alicyclic amines) is 1. The van der Waals surface area contributed by atoms with Crippen LogP contribution >= 0.6 is 0 Å². The molecule has 13 heavy (non-hydrogen) atoms. The van der Waals surface area contributed by atoms with Crippen molar-refractivity contribution in [3.63, 3.8) is 0 Å². The summed E-state index contributed by atoms with van der Waals surface area (Å²) in [5.74, 6) is 0.890. The summed E-state index contributed by atoms with van der Waals surface area (Å²) in [6.45, 7) is 6.80. The van der Waals surface area contributed by atoms with Gasteiger partial charge in [0.2, 0.25) is 0 Å². The van der Waals surface area contributed by atoms with Crippen LogP contribution in [0, 0.1) is 5.92 Å². The Kier molecular flexibility index (Phi) is 3.74. The third-order valence-electron chi connectivity index (χ3n) is 2.92. The minimum Gasteiger partial charge on any atom is -0.326 e. The Labute approximate surface area is 82.5 Å². The Morgan fingerprint density at radius 1 is 1.46 bits per heavy atom. The summed E-state index contributed by atoms with van der Waals surface area (Å²) in [5, 5.41) is 0. The summed E-state index contributed by atoms with van der Waals surface area (Å²) in [7, 11) is 2.22. The zero-order valence-electron chi connectivity index (χ0n) is 9.34. The molecule has 2 N–H and O–H groups in total. The lowest BCUT2D eigenvalue weighted by Crippen LogP contribution is -2.36. The second-order valence-electron chi connectivity index (χ2n) is 5.30. The van der Waals surface area contributed by atoms with E-state index in [4.69, 9.17) is 5.73 Å². The van der Waals surface area contributed by atoms with Gasteiger partial charge in [0.05, 0.1) is 0 Å². The van der Waals surface area contributed by atoms with Gasteiger partial charge in [-0.15, -0.1) is 0 Å². The number of nitrogens with two attached hydrogens (primary N) is 1. The smallest absolute Gasteiger partial charge is 0.00971 e. The van der Waals surface area contributed by atoms with Gasteiger partial charge in [-0.05, 0) is 59.0 Å². The fourth-order valence-electron chi connectivity index (χ4n) is 2.08. The van der Waals surface area contributed by atoms with E-state index in [2.05, 4.69) is 25.8 Å². The molecule has 1 heterocycles. The molecule has 0 bridgehead atoms. The van der Waals surface area contributed by atoms with Crippen LogP contribution in [0.5, 0.6) is 0 Å². The zero-order valence-corrected chi connectivity index (χ0v) is 9.34. The van der Waals surface area contributed by atoms with Gasteiger partial charge in [-0.3, -0.25) is 0 Å². The molecule has 0 aromatic heterocycles. The van der Waals surface area contributed by atoms with E-state index in [0.29, 0.717) is 0 Å². The maximum Gasteiger partial charge on any atom is 0.00971 e. The maximum atomic E-state index is 5.97. The van der Waals surface area contributed by atoms with Gasteiger partial charge in [0, 0.05) is 12.1 Å². The van der Waals surface area contributed by atoms with E-state index in [1.165, 1.54) is 32.4 Å². The van der Waals surface area contributed by atoms with Crippen molar-refractivity contribution in [2.75, 3.05) is 20.1 Å². The van der Waals surface area contributed by atoms with E-state index in [1.54, 1.807) is 0 Å². The average molecular weight is 184 g/mol. The van der Waals surface area contributed by atoms with Crippen LogP contribution in [0.3, 0.4) is 0 Å². The summed E-state index contributed by atoms with van der Waals surface area (Å²) in [6.07, 6.45) is 5.23. The van der Waals surface area contributed by atoms with Crippen LogP contribution in [0.1, 0.15) is 39.5 Å². The second kappa shape index (κ2) is 4.43. The number of hydrogen-bond donors (Lipinski definition) is 1. The highest BCUT2D eigenvalue weighted by Gasteiger charge is 2.19. The lowest BCUT2D eigenvalue weighted by Gasteiger charge is -2.31. The first-order valence-corrected chi connectivity index (χ1v) is 5.45. The normalized spacial score (nSPS) is 26.3. The molecule has 78 valence electrons. The molecule has 0 spiro atoms. The first kappa shape index (κ1) is 11.0. The molecule has 1 saturated heterocycles. The molecule has 0 aromatic rings. The molecule has 1 atom stereocenters. The first-order chi connectivity index (χ1) is 5.97. The molecular weight excluding hydrogens is 160 g/mol. The predicted octanol–water partition coefficient (Wildman–Crippen LogP) is 1.85. The van der Waals surface area contributed by atoms with Crippen molar-refractivity contribution < 1.29 is 0 Å². The SMILES string of the molecule is CN1CCCC(CCC(C)(C)N)C1. The van der Waals surface area contributed by atoms with Crippen molar-refractivity contribution >= 4 is 0 Å². The summed E-state index contributed by atoms with van der Waals surface area (Å²) >= 11 is 0. The van der Waals surface area contributed by atoms with Crippen LogP contribution in [-0.4, -0.2) is 30.6 Å². The van der Waals surface area contributed by atoms with Crippen molar-refractivity contribution in [2.45, 2.75) is 45.1 Å². The molecule has 1 aliphatic heterocycles. The van der Waals surface area contributed by atoms with E-state index in [0.717, 1.165) is 12.3 Å². The van der Waals surface area contributed by atoms with Gasteiger partial charge in [0.1, 0.15) is 0 Å². The number of nitrogens with zero attached hydrogens (tertiary/aromatic N) is 1. The minimum absolute atomic E-state index is 0.0238. The van der Waals surface area contributed by atoms with Crippen molar-refractivity contribution in [3.8, 4) is 0 Å². The van der Waals surface area contributed by atoms with E-state index in [-0.39, 0.29) is 5.54 Å². The fraction of sp³-hybridized carbons (Fsp3) is 1.00.